The number of phenolic OH excluding ortho intramolecular Hbond substituents is 1. The maximum atomic E-state index is 13.6. The number of carbonyl (C=O) groups excluding carboxylic acids is 2. The normalized spacial score (nSPS) is 25.2. The molecule has 2 atom stereocenters. The van der Waals surface area contributed by atoms with Gasteiger partial charge in [-0.15, -0.1) is 0 Å². The second kappa shape index (κ2) is 8.45. The van der Waals surface area contributed by atoms with E-state index in [1.165, 1.54) is 18.2 Å². The highest BCUT2D eigenvalue weighted by Gasteiger charge is 2.53. The second-order valence-electron chi connectivity index (χ2n) is 7.82. The summed E-state index contributed by atoms with van der Waals surface area (Å²) >= 11 is 0. The maximum absolute atomic E-state index is 13.6. The van der Waals surface area contributed by atoms with Crippen molar-refractivity contribution in [3.05, 3.63) is 29.6 Å². The van der Waals surface area contributed by atoms with Gasteiger partial charge in [0, 0.05) is 19.6 Å². The summed E-state index contributed by atoms with van der Waals surface area (Å²) in [5.41, 5.74) is -0.166. The van der Waals surface area contributed by atoms with Crippen molar-refractivity contribution < 1.29 is 24.2 Å². The number of phenols is 1. The summed E-state index contributed by atoms with van der Waals surface area (Å²) in [6.07, 6.45) is 2.11. The molecule has 2 saturated heterocycles. The Hall–Kier alpha value is -2.19. The Kier molecular flexibility index (Phi) is 6.20. The molecule has 3 N–H and O–H groups in total. The van der Waals surface area contributed by atoms with Crippen LogP contribution in [0.4, 0.5) is 4.39 Å². The van der Waals surface area contributed by atoms with Gasteiger partial charge in [0.05, 0.1) is 24.5 Å². The van der Waals surface area contributed by atoms with Gasteiger partial charge in [-0.05, 0) is 50.6 Å². The van der Waals surface area contributed by atoms with E-state index in [-0.39, 0.29) is 37.4 Å². The number of hydrogen-bond donors (Lipinski definition) is 3. The summed E-state index contributed by atoms with van der Waals surface area (Å²) in [4.78, 5) is 29.9. The van der Waals surface area contributed by atoms with Crippen LogP contribution in [-0.4, -0.2) is 77.7 Å². The van der Waals surface area contributed by atoms with E-state index in [0.717, 1.165) is 13.0 Å². The lowest BCUT2D eigenvalue weighted by atomic mass is 9.67. The molecule has 2 heterocycles. The Labute approximate surface area is 164 Å². The zero-order valence-corrected chi connectivity index (χ0v) is 16.2. The largest absolute Gasteiger partial charge is 0.505 e. The number of benzene rings is 1. The molecule has 2 aliphatic heterocycles. The quantitative estimate of drug-likeness (QED) is 0.677. The van der Waals surface area contributed by atoms with Crippen LogP contribution in [0.5, 0.6) is 5.75 Å². The minimum absolute atomic E-state index is 0.0196. The van der Waals surface area contributed by atoms with Gasteiger partial charge in [0.2, 0.25) is 11.8 Å². The van der Waals surface area contributed by atoms with Gasteiger partial charge in [-0.1, -0.05) is 6.07 Å². The molecule has 8 heteroatoms. The van der Waals surface area contributed by atoms with E-state index in [1.807, 2.05) is 7.05 Å². The van der Waals surface area contributed by atoms with Crippen LogP contribution in [0.1, 0.15) is 24.8 Å². The number of piperidine rings is 2. The number of likely N-dealkylation sites (N-methyl/N-ethyl adjacent to an activating group) is 1. The van der Waals surface area contributed by atoms with E-state index in [4.69, 9.17) is 5.11 Å². The van der Waals surface area contributed by atoms with Crippen LogP contribution in [0.3, 0.4) is 0 Å². The molecular formula is C20H28FN3O4. The van der Waals surface area contributed by atoms with Gasteiger partial charge in [0.1, 0.15) is 0 Å². The first-order valence-electron chi connectivity index (χ1n) is 9.72. The van der Waals surface area contributed by atoms with Crippen LogP contribution in [0.25, 0.3) is 0 Å². The molecule has 2 fully saturated rings. The SMILES string of the molecule is CN1CC[C@]2(C(=O)NCCO)CCCN(C(=O)Cc3ccc(O)c(F)c3)[C@H]2C1. The van der Waals surface area contributed by atoms with Gasteiger partial charge in [-0.25, -0.2) is 4.39 Å². The lowest BCUT2D eigenvalue weighted by Crippen LogP contribution is -2.66. The van der Waals surface area contributed by atoms with Crippen molar-refractivity contribution in [3.8, 4) is 5.75 Å². The standard InChI is InChI=1S/C20H28FN3O4/c1-23-9-6-20(19(28)22-7-10-25)5-2-8-24(17(20)13-23)18(27)12-14-3-4-16(26)15(21)11-14/h3-4,11,17,25-26H,2,5-10,12-13H2,1H3,(H,22,28)/t17-,20+/m0/s1. The Morgan fingerprint density at radius 2 is 2.11 bits per heavy atom. The third-order valence-electron chi connectivity index (χ3n) is 6.00. The Morgan fingerprint density at radius 1 is 1.32 bits per heavy atom. The fourth-order valence-corrected chi connectivity index (χ4v) is 4.49. The Morgan fingerprint density at radius 3 is 2.82 bits per heavy atom. The van der Waals surface area contributed by atoms with E-state index in [1.54, 1.807) is 4.90 Å². The average molecular weight is 393 g/mol. The first-order chi connectivity index (χ1) is 13.4. The van der Waals surface area contributed by atoms with E-state index in [9.17, 15) is 19.1 Å². The highest BCUT2D eigenvalue weighted by Crippen LogP contribution is 2.42. The van der Waals surface area contributed by atoms with E-state index < -0.39 is 17.0 Å². The molecule has 0 spiro atoms. The summed E-state index contributed by atoms with van der Waals surface area (Å²) in [6, 6.07) is 3.70. The number of aliphatic hydroxyl groups is 1. The molecular weight excluding hydrogens is 365 g/mol. The summed E-state index contributed by atoms with van der Waals surface area (Å²) < 4.78 is 13.6. The van der Waals surface area contributed by atoms with Gasteiger partial charge in [0.25, 0.3) is 0 Å². The van der Waals surface area contributed by atoms with Crippen LogP contribution < -0.4 is 5.32 Å². The van der Waals surface area contributed by atoms with Crippen LogP contribution in [-0.2, 0) is 16.0 Å². The highest BCUT2D eigenvalue weighted by molar-refractivity contribution is 5.86. The van der Waals surface area contributed by atoms with Crippen molar-refractivity contribution in [2.24, 2.45) is 5.41 Å². The molecule has 1 aromatic carbocycles. The van der Waals surface area contributed by atoms with Crippen LogP contribution in [0.2, 0.25) is 0 Å². The molecule has 28 heavy (non-hydrogen) atoms. The number of halogens is 1. The van der Waals surface area contributed by atoms with Crippen molar-refractivity contribution in [2.45, 2.75) is 31.7 Å². The smallest absolute Gasteiger partial charge is 0.228 e. The van der Waals surface area contributed by atoms with Gasteiger partial charge in [-0.2, -0.15) is 0 Å². The third-order valence-corrected chi connectivity index (χ3v) is 6.00. The molecule has 1 aromatic rings. The molecule has 0 aromatic heterocycles. The number of aliphatic hydroxyl groups excluding tert-OH is 1. The number of hydrogen-bond acceptors (Lipinski definition) is 5. The van der Waals surface area contributed by atoms with Crippen molar-refractivity contribution in [1.29, 1.82) is 0 Å². The first kappa shape index (κ1) is 20.5. The Balaban J connectivity index is 1.82. The minimum atomic E-state index is -0.751. The van der Waals surface area contributed by atoms with E-state index in [2.05, 4.69) is 10.2 Å². The fraction of sp³-hybridized carbons (Fsp3) is 0.600. The molecule has 0 saturated carbocycles. The molecule has 0 radical (unpaired) electrons. The lowest BCUT2D eigenvalue weighted by Gasteiger charge is -2.53. The number of fused-ring (bicyclic) bond motifs is 1. The molecule has 7 nitrogen and oxygen atoms in total. The summed E-state index contributed by atoms with van der Waals surface area (Å²) in [6.45, 7) is 2.01. The van der Waals surface area contributed by atoms with Crippen LogP contribution >= 0.6 is 0 Å². The van der Waals surface area contributed by atoms with E-state index in [0.29, 0.717) is 31.5 Å². The predicted molar refractivity (Wildman–Crippen MR) is 101 cm³/mol. The van der Waals surface area contributed by atoms with Gasteiger partial charge in [-0.3, -0.25) is 9.59 Å². The number of nitrogens with one attached hydrogen (secondary N) is 1. The average Bonchev–Trinajstić information content (AvgIpc) is 2.68. The summed E-state index contributed by atoms with van der Waals surface area (Å²) in [5.74, 6) is -1.45. The molecule has 0 bridgehead atoms. The molecule has 2 aliphatic rings. The zero-order valence-electron chi connectivity index (χ0n) is 16.2. The predicted octanol–water partition coefficient (Wildman–Crippen LogP) is 0.495. The Bertz CT molecular complexity index is 744. The van der Waals surface area contributed by atoms with Crippen molar-refractivity contribution in [3.63, 3.8) is 0 Å². The number of rotatable bonds is 5. The van der Waals surface area contributed by atoms with Crippen LogP contribution in [0.15, 0.2) is 18.2 Å². The number of likely N-dealkylation sites (tertiary alicyclic amines) is 2. The van der Waals surface area contributed by atoms with E-state index >= 15 is 0 Å². The van der Waals surface area contributed by atoms with Gasteiger partial charge < -0.3 is 25.3 Å². The number of carbonyl (C=O) groups is 2. The molecule has 3 rings (SSSR count). The monoisotopic (exact) mass is 393 g/mol. The fourth-order valence-electron chi connectivity index (χ4n) is 4.49. The molecule has 2 amide bonds. The summed E-state index contributed by atoms with van der Waals surface area (Å²) in [5, 5.41) is 21.2. The minimum Gasteiger partial charge on any atom is -0.505 e. The van der Waals surface area contributed by atoms with Crippen molar-refractivity contribution in [1.82, 2.24) is 15.1 Å². The first-order valence-corrected chi connectivity index (χ1v) is 9.72. The molecule has 154 valence electrons. The lowest BCUT2D eigenvalue weighted by molar-refractivity contribution is -0.153. The number of nitrogens with zero attached hydrogens (tertiary/aromatic N) is 2. The molecule has 0 unspecified atom stereocenters. The topological polar surface area (TPSA) is 93.1 Å². The summed E-state index contributed by atoms with van der Waals surface area (Å²) in [7, 11) is 1.97. The van der Waals surface area contributed by atoms with Gasteiger partial charge in [0.15, 0.2) is 11.6 Å². The van der Waals surface area contributed by atoms with Gasteiger partial charge >= 0.3 is 0 Å². The van der Waals surface area contributed by atoms with Crippen molar-refractivity contribution >= 4 is 11.8 Å². The van der Waals surface area contributed by atoms with Crippen molar-refractivity contribution in [2.75, 3.05) is 39.8 Å². The number of amides is 2. The number of aromatic hydroxyl groups is 1. The maximum Gasteiger partial charge on any atom is 0.228 e. The van der Waals surface area contributed by atoms with Crippen LogP contribution in [0, 0.1) is 11.2 Å². The second-order valence-corrected chi connectivity index (χ2v) is 7.82. The highest BCUT2D eigenvalue weighted by atomic mass is 19.1. The molecule has 0 aliphatic carbocycles. The third kappa shape index (κ3) is 3.98. The zero-order chi connectivity index (χ0) is 20.3.